The largest absolute Gasteiger partial charge is 0.335 e. The zero-order valence-corrected chi connectivity index (χ0v) is 11.7. The third-order valence-corrected chi connectivity index (χ3v) is 3.51. The van der Waals surface area contributed by atoms with E-state index in [1.807, 2.05) is 0 Å². The number of hydrogen-bond donors (Lipinski definition) is 1. The lowest BCUT2D eigenvalue weighted by Gasteiger charge is -2.34. The molecule has 1 saturated heterocycles. The molecule has 1 aliphatic heterocycles. The molecular formula is C12H10BrFN2O3. The quantitative estimate of drug-likeness (QED) is 0.803. The Labute approximate surface area is 116 Å². The Morgan fingerprint density at radius 3 is 2.47 bits per heavy atom. The summed E-state index contributed by atoms with van der Waals surface area (Å²) in [6.45, 7) is 2.84. The average molecular weight is 329 g/mol. The van der Waals surface area contributed by atoms with Gasteiger partial charge in [0.1, 0.15) is 11.2 Å². The van der Waals surface area contributed by atoms with E-state index < -0.39 is 29.1 Å². The van der Waals surface area contributed by atoms with Gasteiger partial charge in [-0.05, 0) is 48.0 Å². The molecule has 1 N–H and O–H groups in total. The van der Waals surface area contributed by atoms with Crippen LogP contribution in [0.5, 0.6) is 0 Å². The third-order valence-electron chi connectivity index (χ3n) is 2.88. The molecule has 4 amide bonds. The summed E-state index contributed by atoms with van der Waals surface area (Å²) in [4.78, 5) is 36.5. The van der Waals surface area contributed by atoms with Crippen molar-refractivity contribution >= 4 is 39.5 Å². The summed E-state index contributed by atoms with van der Waals surface area (Å²) in [6, 6.07) is 2.72. The van der Waals surface area contributed by atoms with Crippen LogP contribution >= 0.6 is 15.9 Å². The number of amides is 4. The molecule has 0 aliphatic carbocycles. The smallest absolute Gasteiger partial charge is 0.276 e. The molecule has 7 heteroatoms. The standard InChI is InChI=1S/C12H10BrFN2O3/c1-12(2)9(17)15-11(19)16(10(12)18)8-4-3-6(14)5-7(8)13/h3-5H,1-2H3,(H,15,17,19). The van der Waals surface area contributed by atoms with Crippen LogP contribution in [0.2, 0.25) is 0 Å². The van der Waals surface area contributed by atoms with Crippen LogP contribution in [0.3, 0.4) is 0 Å². The van der Waals surface area contributed by atoms with E-state index in [9.17, 15) is 18.8 Å². The molecule has 0 spiro atoms. The number of barbiturate groups is 1. The molecule has 0 bridgehead atoms. The van der Waals surface area contributed by atoms with Gasteiger partial charge in [-0.1, -0.05) is 0 Å². The number of hydrogen-bond acceptors (Lipinski definition) is 3. The summed E-state index contributed by atoms with van der Waals surface area (Å²) >= 11 is 3.09. The fourth-order valence-electron chi connectivity index (χ4n) is 1.66. The van der Waals surface area contributed by atoms with E-state index in [0.29, 0.717) is 0 Å². The van der Waals surface area contributed by atoms with Crippen molar-refractivity contribution in [1.82, 2.24) is 5.32 Å². The topological polar surface area (TPSA) is 66.5 Å². The summed E-state index contributed by atoms with van der Waals surface area (Å²) in [5.41, 5.74) is -1.17. The minimum absolute atomic E-state index is 0.185. The van der Waals surface area contributed by atoms with Gasteiger partial charge in [-0.3, -0.25) is 14.9 Å². The number of benzene rings is 1. The normalized spacial score (nSPS) is 18.5. The fourth-order valence-corrected chi connectivity index (χ4v) is 2.19. The van der Waals surface area contributed by atoms with Crippen LogP contribution in [0.1, 0.15) is 13.8 Å². The number of rotatable bonds is 1. The van der Waals surface area contributed by atoms with Gasteiger partial charge in [0.2, 0.25) is 11.8 Å². The predicted octanol–water partition coefficient (Wildman–Crippen LogP) is 2.20. The molecule has 1 aliphatic rings. The molecule has 0 radical (unpaired) electrons. The van der Waals surface area contributed by atoms with Crippen LogP contribution < -0.4 is 10.2 Å². The highest BCUT2D eigenvalue weighted by atomic mass is 79.9. The highest BCUT2D eigenvalue weighted by Crippen LogP contribution is 2.33. The van der Waals surface area contributed by atoms with Crippen molar-refractivity contribution < 1.29 is 18.8 Å². The van der Waals surface area contributed by atoms with E-state index in [-0.39, 0.29) is 10.2 Å². The summed E-state index contributed by atoms with van der Waals surface area (Å²) in [7, 11) is 0. The van der Waals surface area contributed by atoms with Crippen molar-refractivity contribution in [2.24, 2.45) is 5.41 Å². The van der Waals surface area contributed by atoms with Crippen molar-refractivity contribution in [3.05, 3.63) is 28.5 Å². The van der Waals surface area contributed by atoms with Crippen molar-refractivity contribution in [3.63, 3.8) is 0 Å². The van der Waals surface area contributed by atoms with Crippen molar-refractivity contribution in [3.8, 4) is 0 Å². The molecule has 1 fully saturated rings. The number of carbonyl (C=O) groups excluding carboxylic acids is 3. The monoisotopic (exact) mass is 328 g/mol. The van der Waals surface area contributed by atoms with Gasteiger partial charge in [0.05, 0.1) is 5.69 Å². The molecule has 1 heterocycles. The Kier molecular flexibility index (Phi) is 3.17. The van der Waals surface area contributed by atoms with E-state index in [1.165, 1.54) is 19.9 Å². The van der Waals surface area contributed by atoms with E-state index in [2.05, 4.69) is 21.2 Å². The number of nitrogens with one attached hydrogen (secondary N) is 1. The van der Waals surface area contributed by atoms with Gasteiger partial charge < -0.3 is 0 Å². The molecule has 0 aromatic heterocycles. The Balaban J connectivity index is 2.52. The Bertz CT molecular complexity index is 601. The average Bonchev–Trinajstić information content (AvgIpc) is 2.30. The fraction of sp³-hybridized carbons (Fsp3) is 0.250. The van der Waals surface area contributed by atoms with Crippen LogP contribution in [0.25, 0.3) is 0 Å². The zero-order valence-electron chi connectivity index (χ0n) is 10.2. The van der Waals surface area contributed by atoms with Crippen molar-refractivity contribution in [1.29, 1.82) is 0 Å². The molecule has 100 valence electrons. The lowest BCUT2D eigenvalue weighted by Crippen LogP contribution is -2.62. The highest BCUT2D eigenvalue weighted by Gasteiger charge is 2.48. The van der Waals surface area contributed by atoms with Crippen LogP contribution in [0.15, 0.2) is 22.7 Å². The predicted molar refractivity (Wildman–Crippen MR) is 68.9 cm³/mol. The first-order chi connectivity index (χ1) is 8.75. The van der Waals surface area contributed by atoms with E-state index in [4.69, 9.17) is 0 Å². The van der Waals surface area contributed by atoms with Crippen LogP contribution in [0, 0.1) is 11.2 Å². The van der Waals surface area contributed by atoms with Gasteiger partial charge >= 0.3 is 6.03 Å². The number of anilines is 1. The molecule has 1 aromatic carbocycles. The number of urea groups is 1. The zero-order chi connectivity index (χ0) is 14.4. The van der Waals surface area contributed by atoms with Crippen LogP contribution in [-0.4, -0.2) is 17.8 Å². The molecular weight excluding hydrogens is 319 g/mol. The molecule has 0 saturated carbocycles. The van der Waals surface area contributed by atoms with E-state index in [1.54, 1.807) is 0 Å². The lowest BCUT2D eigenvalue weighted by atomic mass is 9.88. The second-order valence-corrected chi connectivity index (χ2v) is 5.47. The molecule has 0 atom stereocenters. The second-order valence-electron chi connectivity index (χ2n) is 4.62. The van der Waals surface area contributed by atoms with E-state index in [0.717, 1.165) is 17.0 Å². The first-order valence-corrected chi connectivity index (χ1v) is 6.19. The van der Waals surface area contributed by atoms with Gasteiger partial charge in [-0.25, -0.2) is 14.1 Å². The summed E-state index contributed by atoms with van der Waals surface area (Å²) in [5.74, 6) is -1.82. The van der Waals surface area contributed by atoms with Crippen LogP contribution in [-0.2, 0) is 9.59 Å². The summed E-state index contributed by atoms with van der Waals surface area (Å²) in [6.07, 6.45) is 0. The molecule has 19 heavy (non-hydrogen) atoms. The van der Waals surface area contributed by atoms with Gasteiger partial charge in [0.25, 0.3) is 0 Å². The van der Waals surface area contributed by atoms with Crippen LogP contribution in [0.4, 0.5) is 14.9 Å². The van der Waals surface area contributed by atoms with Gasteiger partial charge in [0, 0.05) is 4.47 Å². The van der Waals surface area contributed by atoms with Crippen molar-refractivity contribution in [2.75, 3.05) is 4.90 Å². The summed E-state index contributed by atoms with van der Waals surface area (Å²) < 4.78 is 13.3. The SMILES string of the molecule is CC1(C)C(=O)NC(=O)N(c2ccc(F)cc2Br)C1=O. The third kappa shape index (κ3) is 2.14. The van der Waals surface area contributed by atoms with Gasteiger partial charge in [0.15, 0.2) is 0 Å². The number of halogens is 2. The van der Waals surface area contributed by atoms with Crippen molar-refractivity contribution in [2.45, 2.75) is 13.8 Å². The molecule has 5 nitrogen and oxygen atoms in total. The number of nitrogens with zero attached hydrogens (tertiary/aromatic N) is 1. The maximum atomic E-state index is 13.0. The minimum Gasteiger partial charge on any atom is -0.276 e. The Hall–Kier alpha value is -1.76. The minimum atomic E-state index is -1.36. The number of imide groups is 2. The number of carbonyl (C=O) groups is 3. The molecule has 2 rings (SSSR count). The summed E-state index contributed by atoms with van der Waals surface area (Å²) in [5, 5.41) is 2.10. The molecule has 0 unspecified atom stereocenters. The van der Waals surface area contributed by atoms with E-state index >= 15 is 0 Å². The maximum Gasteiger partial charge on any atom is 0.335 e. The van der Waals surface area contributed by atoms with Gasteiger partial charge in [-0.2, -0.15) is 0 Å². The lowest BCUT2D eigenvalue weighted by molar-refractivity contribution is -0.140. The second kappa shape index (κ2) is 4.41. The first kappa shape index (κ1) is 13.7. The maximum absolute atomic E-state index is 13.0. The Morgan fingerprint density at radius 2 is 1.89 bits per heavy atom. The Morgan fingerprint density at radius 1 is 1.26 bits per heavy atom. The first-order valence-electron chi connectivity index (χ1n) is 5.40. The molecule has 1 aromatic rings. The van der Waals surface area contributed by atoms with Gasteiger partial charge in [-0.15, -0.1) is 0 Å². The highest BCUT2D eigenvalue weighted by molar-refractivity contribution is 9.10.